The molecule has 0 saturated carbocycles. The summed E-state index contributed by atoms with van der Waals surface area (Å²) in [6.45, 7) is 0.0259. The molecular formula is C18H16N2O4S. The maximum atomic E-state index is 12.5. The molecule has 3 aromatic rings. The smallest absolute Gasteiger partial charge is 0.352 e. The van der Waals surface area contributed by atoms with Gasteiger partial charge in [0.2, 0.25) is 0 Å². The summed E-state index contributed by atoms with van der Waals surface area (Å²) in [7, 11) is 3.11. The largest absolute Gasteiger partial charge is 0.496 e. The lowest BCUT2D eigenvalue weighted by Gasteiger charge is -2.13. The summed E-state index contributed by atoms with van der Waals surface area (Å²) in [5.74, 6) is 0.706. The zero-order valence-electron chi connectivity index (χ0n) is 13.8. The monoisotopic (exact) mass is 356 g/mol. The van der Waals surface area contributed by atoms with Crippen LogP contribution in [0.2, 0.25) is 0 Å². The van der Waals surface area contributed by atoms with Crippen molar-refractivity contribution in [2.24, 2.45) is 0 Å². The van der Waals surface area contributed by atoms with E-state index in [2.05, 4.69) is 9.59 Å². The Morgan fingerprint density at radius 1 is 1.00 bits per heavy atom. The second kappa shape index (κ2) is 7.76. The average molecular weight is 356 g/mol. The number of rotatable bonds is 6. The van der Waals surface area contributed by atoms with Gasteiger partial charge < -0.3 is 14.2 Å². The number of aromatic nitrogens is 2. The summed E-state index contributed by atoms with van der Waals surface area (Å²) in [4.78, 5) is 12.9. The predicted octanol–water partition coefficient (Wildman–Crippen LogP) is 3.58. The van der Waals surface area contributed by atoms with Crippen LogP contribution in [0.3, 0.4) is 0 Å². The third-order valence-electron chi connectivity index (χ3n) is 3.60. The SMILES string of the molecule is COc1cccc(OC)c1COC(=O)c1snnc1-c1ccccc1. The van der Waals surface area contributed by atoms with E-state index >= 15 is 0 Å². The van der Waals surface area contributed by atoms with Crippen LogP contribution in [0.15, 0.2) is 48.5 Å². The van der Waals surface area contributed by atoms with Crippen LogP contribution in [-0.2, 0) is 11.3 Å². The summed E-state index contributed by atoms with van der Waals surface area (Å²) in [6.07, 6.45) is 0. The fraction of sp³-hybridized carbons (Fsp3) is 0.167. The first-order valence-electron chi connectivity index (χ1n) is 7.49. The topological polar surface area (TPSA) is 70.5 Å². The van der Waals surface area contributed by atoms with E-state index in [1.807, 2.05) is 36.4 Å². The van der Waals surface area contributed by atoms with Gasteiger partial charge in [0.15, 0.2) is 4.88 Å². The molecule has 0 atom stereocenters. The Morgan fingerprint density at radius 3 is 2.32 bits per heavy atom. The van der Waals surface area contributed by atoms with Gasteiger partial charge in [0, 0.05) is 5.56 Å². The molecule has 0 bridgehead atoms. The van der Waals surface area contributed by atoms with Crippen molar-refractivity contribution in [3.8, 4) is 22.8 Å². The van der Waals surface area contributed by atoms with Crippen molar-refractivity contribution in [2.45, 2.75) is 6.61 Å². The number of ether oxygens (including phenoxy) is 3. The first-order valence-corrected chi connectivity index (χ1v) is 8.26. The number of methoxy groups -OCH3 is 2. The summed E-state index contributed by atoms with van der Waals surface area (Å²) in [5, 5.41) is 4.05. The molecule has 1 aromatic heterocycles. The van der Waals surface area contributed by atoms with E-state index in [1.54, 1.807) is 26.4 Å². The molecule has 0 unspecified atom stereocenters. The number of hydrogen-bond acceptors (Lipinski definition) is 7. The molecule has 0 amide bonds. The zero-order chi connectivity index (χ0) is 17.6. The van der Waals surface area contributed by atoms with Gasteiger partial charge in [-0.25, -0.2) is 4.79 Å². The fourth-order valence-corrected chi connectivity index (χ4v) is 2.97. The number of hydrogen-bond donors (Lipinski definition) is 0. The van der Waals surface area contributed by atoms with E-state index in [9.17, 15) is 4.79 Å². The van der Waals surface area contributed by atoms with Crippen LogP contribution in [-0.4, -0.2) is 29.8 Å². The molecule has 0 aliphatic carbocycles. The Balaban J connectivity index is 1.80. The molecule has 128 valence electrons. The second-order valence-electron chi connectivity index (χ2n) is 5.03. The molecule has 0 aliphatic rings. The Labute approximate surface area is 149 Å². The molecule has 3 rings (SSSR count). The number of benzene rings is 2. The van der Waals surface area contributed by atoms with E-state index < -0.39 is 5.97 Å². The standard InChI is InChI=1S/C18H16N2O4S/c1-22-14-9-6-10-15(23-2)13(14)11-24-18(21)17-16(19-20-25-17)12-7-4-3-5-8-12/h3-10H,11H2,1-2H3. The molecule has 0 spiro atoms. The summed E-state index contributed by atoms with van der Waals surface area (Å²) >= 11 is 1.01. The van der Waals surface area contributed by atoms with Crippen LogP contribution in [0.25, 0.3) is 11.3 Å². The van der Waals surface area contributed by atoms with E-state index in [4.69, 9.17) is 14.2 Å². The molecular weight excluding hydrogens is 340 g/mol. The van der Waals surface area contributed by atoms with Gasteiger partial charge in [-0.05, 0) is 23.7 Å². The van der Waals surface area contributed by atoms with Crippen molar-refractivity contribution < 1.29 is 19.0 Å². The Kier molecular flexibility index (Phi) is 5.25. The van der Waals surface area contributed by atoms with Gasteiger partial charge in [-0.2, -0.15) is 0 Å². The molecule has 0 fully saturated rings. The van der Waals surface area contributed by atoms with Crippen molar-refractivity contribution in [1.29, 1.82) is 0 Å². The fourth-order valence-electron chi connectivity index (χ4n) is 2.38. The molecule has 2 aromatic carbocycles. The normalized spacial score (nSPS) is 10.3. The lowest BCUT2D eigenvalue weighted by molar-refractivity contribution is 0.0474. The molecule has 1 heterocycles. The summed E-state index contributed by atoms with van der Waals surface area (Å²) < 4.78 is 20.0. The molecule has 7 heteroatoms. The van der Waals surface area contributed by atoms with Crippen molar-refractivity contribution in [1.82, 2.24) is 9.59 Å². The average Bonchev–Trinajstić information content (AvgIpc) is 3.16. The van der Waals surface area contributed by atoms with Crippen LogP contribution < -0.4 is 9.47 Å². The lowest BCUT2D eigenvalue weighted by atomic mass is 10.1. The molecule has 6 nitrogen and oxygen atoms in total. The van der Waals surface area contributed by atoms with Crippen LogP contribution in [0.1, 0.15) is 15.2 Å². The van der Waals surface area contributed by atoms with Crippen LogP contribution in [0, 0.1) is 0 Å². The Hall–Kier alpha value is -2.93. The third-order valence-corrected chi connectivity index (χ3v) is 4.30. The molecule has 0 N–H and O–H groups in total. The zero-order valence-corrected chi connectivity index (χ0v) is 14.6. The highest BCUT2D eigenvalue weighted by molar-refractivity contribution is 7.08. The quantitative estimate of drug-likeness (QED) is 0.629. The third kappa shape index (κ3) is 3.61. The second-order valence-corrected chi connectivity index (χ2v) is 5.79. The first-order chi connectivity index (χ1) is 12.2. The molecule has 0 aliphatic heterocycles. The molecule has 25 heavy (non-hydrogen) atoms. The highest BCUT2D eigenvalue weighted by atomic mass is 32.1. The van der Waals surface area contributed by atoms with Gasteiger partial charge >= 0.3 is 5.97 Å². The number of carbonyl (C=O) groups excluding carboxylic acids is 1. The van der Waals surface area contributed by atoms with Crippen molar-refractivity contribution in [3.63, 3.8) is 0 Å². The molecule has 0 radical (unpaired) electrons. The Morgan fingerprint density at radius 2 is 1.68 bits per heavy atom. The molecule has 0 saturated heterocycles. The first kappa shape index (κ1) is 16.9. The van der Waals surface area contributed by atoms with E-state index in [0.717, 1.165) is 17.1 Å². The van der Waals surface area contributed by atoms with Gasteiger partial charge in [0.05, 0.1) is 19.8 Å². The summed E-state index contributed by atoms with van der Waals surface area (Å²) in [6, 6.07) is 14.8. The van der Waals surface area contributed by atoms with Gasteiger partial charge in [-0.1, -0.05) is 40.9 Å². The van der Waals surface area contributed by atoms with Gasteiger partial charge in [-0.15, -0.1) is 5.10 Å². The van der Waals surface area contributed by atoms with Gasteiger partial charge in [0.1, 0.15) is 23.8 Å². The van der Waals surface area contributed by atoms with E-state index in [-0.39, 0.29) is 6.61 Å². The number of nitrogens with zero attached hydrogens (tertiary/aromatic N) is 2. The van der Waals surface area contributed by atoms with Crippen molar-refractivity contribution >= 4 is 17.5 Å². The predicted molar refractivity (Wildman–Crippen MR) is 94.0 cm³/mol. The highest BCUT2D eigenvalue weighted by Crippen LogP contribution is 2.30. The lowest BCUT2D eigenvalue weighted by Crippen LogP contribution is -2.07. The minimum atomic E-state index is -0.484. The van der Waals surface area contributed by atoms with Crippen LogP contribution in [0.5, 0.6) is 11.5 Å². The highest BCUT2D eigenvalue weighted by Gasteiger charge is 2.20. The maximum absolute atomic E-state index is 12.5. The van der Waals surface area contributed by atoms with Crippen LogP contribution >= 0.6 is 11.5 Å². The van der Waals surface area contributed by atoms with Crippen molar-refractivity contribution in [2.75, 3.05) is 14.2 Å². The van der Waals surface area contributed by atoms with Gasteiger partial charge in [-0.3, -0.25) is 0 Å². The minimum Gasteiger partial charge on any atom is -0.496 e. The van der Waals surface area contributed by atoms with E-state index in [1.165, 1.54) is 0 Å². The maximum Gasteiger partial charge on any atom is 0.352 e. The number of esters is 1. The Bertz CT molecular complexity index is 842. The number of carbonyl (C=O) groups is 1. The van der Waals surface area contributed by atoms with Gasteiger partial charge in [0.25, 0.3) is 0 Å². The summed E-state index contributed by atoms with van der Waals surface area (Å²) in [5.41, 5.74) is 2.00. The minimum absolute atomic E-state index is 0.0259. The van der Waals surface area contributed by atoms with Crippen molar-refractivity contribution in [3.05, 3.63) is 59.0 Å². The van der Waals surface area contributed by atoms with Crippen LogP contribution in [0.4, 0.5) is 0 Å². The van der Waals surface area contributed by atoms with E-state index in [0.29, 0.717) is 27.6 Å².